The van der Waals surface area contributed by atoms with Gasteiger partial charge in [0, 0.05) is 16.1 Å². The fourth-order valence-electron chi connectivity index (χ4n) is 1.84. The van der Waals surface area contributed by atoms with Gasteiger partial charge in [-0.15, -0.1) is 11.8 Å². The van der Waals surface area contributed by atoms with Crippen LogP contribution in [0.5, 0.6) is 0 Å². The highest BCUT2D eigenvalue weighted by atomic mass is 32.2. The SMILES string of the molecule is Cc1c(NC(=O)CSc2ccccc2)cccc1C(=O)[O-]. The van der Waals surface area contributed by atoms with Crippen molar-refractivity contribution in [3.05, 3.63) is 59.7 Å². The molecule has 2 aromatic carbocycles. The first-order valence-electron chi connectivity index (χ1n) is 6.36. The van der Waals surface area contributed by atoms with Crippen LogP contribution >= 0.6 is 11.8 Å². The third-order valence-electron chi connectivity index (χ3n) is 2.94. The second kappa shape index (κ2) is 6.95. The van der Waals surface area contributed by atoms with Gasteiger partial charge in [-0.3, -0.25) is 4.79 Å². The van der Waals surface area contributed by atoms with Crippen LogP contribution in [0.3, 0.4) is 0 Å². The van der Waals surface area contributed by atoms with Gasteiger partial charge < -0.3 is 15.2 Å². The van der Waals surface area contributed by atoms with E-state index < -0.39 is 5.97 Å². The van der Waals surface area contributed by atoms with E-state index in [4.69, 9.17) is 0 Å². The molecule has 1 N–H and O–H groups in total. The molecule has 0 saturated carbocycles. The van der Waals surface area contributed by atoms with Crippen LogP contribution in [0.15, 0.2) is 53.4 Å². The largest absolute Gasteiger partial charge is 0.545 e. The van der Waals surface area contributed by atoms with Crippen LogP contribution in [0.25, 0.3) is 0 Å². The van der Waals surface area contributed by atoms with Crippen molar-refractivity contribution in [3.8, 4) is 0 Å². The summed E-state index contributed by atoms with van der Waals surface area (Å²) < 4.78 is 0. The van der Waals surface area contributed by atoms with E-state index in [0.717, 1.165) is 4.90 Å². The highest BCUT2D eigenvalue weighted by Crippen LogP contribution is 2.20. The molecule has 2 rings (SSSR count). The maximum absolute atomic E-state index is 11.9. The number of amides is 1. The molecule has 0 saturated heterocycles. The van der Waals surface area contributed by atoms with E-state index in [2.05, 4.69) is 5.32 Å². The first-order chi connectivity index (χ1) is 10.1. The Morgan fingerprint density at radius 2 is 1.81 bits per heavy atom. The predicted molar refractivity (Wildman–Crippen MR) is 81.3 cm³/mol. The summed E-state index contributed by atoms with van der Waals surface area (Å²) >= 11 is 1.42. The zero-order valence-electron chi connectivity index (χ0n) is 11.5. The molecule has 0 atom stereocenters. The summed E-state index contributed by atoms with van der Waals surface area (Å²) in [7, 11) is 0. The van der Waals surface area contributed by atoms with Gasteiger partial charge in [0.05, 0.1) is 11.7 Å². The lowest BCUT2D eigenvalue weighted by Crippen LogP contribution is -2.24. The van der Waals surface area contributed by atoms with E-state index in [0.29, 0.717) is 11.3 Å². The van der Waals surface area contributed by atoms with Crippen molar-refractivity contribution in [2.45, 2.75) is 11.8 Å². The Balaban J connectivity index is 2.00. The lowest BCUT2D eigenvalue weighted by Gasteiger charge is -2.13. The summed E-state index contributed by atoms with van der Waals surface area (Å²) in [5, 5.41) is 13.7. The van der Waals surface area contributed by atoms with Gasteiger partial charge in [0.15, 0.2) is 0 Å². The topological polar surface area (TPSA) is 69.2 Å². The molecule has 0 heterocycles. The van der Waals surface area contributed by atoms with Crippen LogP contribution in [0, 0.1) is 6.92 Å². The van der Waals surface area contributed by atoms with E-state index in [9.17, 15) is 14.7 Å². The standard InChI is InChI=1S/C16H15NO3S/c1-11-13(16(19)20)8-5-9-14(11)17-15(18)10-21-12-6-3-2-4-7-12/h2-9H,10H2,1H3,(H,17,18)(H,19,20)/p-1. The van der Waals surface area contributed by atoms with E-state index in [-0.39, 0.29) is 17.2 Å². The van der Waals surface area contributed by atoms with Crippen LogP contribution < -0.4 is 10.4 Å². The first kappa shape index (κ1) is 15.1. The Labute approximate surface area is 127 Å². The Morgan fingerprint density at radius 3 is 2.48 bits per heavy atom. The molecule has 0 spiro atoms. The number of thioether (sulfide) groups is 1. The summed E-state index contributed by atoms with van der Waals surface area (Å²) in [5.41, 5.74) is 1.08. The monoisotopic (exact) mass is 300 g/mol. The number of aromatic carboxylic acids is 1. The average Bonchev–Trinajstić information content (AvgIpc) is 2.48. The summed E-state index contributed by atoms with van der Waals surface area (Å²) in [6.07, 6.45) is 0. The normalized spacial score (nSPS) is 10.1. The lowest BCUT2D eigenvalue weighted by atomic mass is 10.1. The molecule has 4 nitrogen and oxygen atoms in total. The fraction of sp³-hybridized carbons (Fsp3) is 0.125. The summed E-state index contributed by atoms with van der Waals surface area (Å²) in [6.45, 7) is 1.64. The van der Waals surface area contributed by atoms with Crippen LogP contribution in [-0.2, 0) is 4.79 Å². The Bertz CT molecular complexity index is 656. The molecule has 5 heteroatoms. The fourth-order valence-corrected chi connectivity index (χ4v) is 2.56. The number of anilines is 1. The minimum atomic E-state index is -1.25. The molecule has 2 aromatic rings. The van der Waals surface area contributed by atoms with E-state index >= 15 is 0 Å². The Kier molecular flexibility index (Phi) is 5.00. The van der Waals surface area contributed by atoms with Gasteiger partial charge in [-0.05, 0) is 30.7 Å². The highest BCUT2D eigenvalue weighted by molar-refractivity contribution is 8.00. The molecule has 0 bridgehead atoms. The minimum Gasteiger partial charge on any atom is -0.545 e. The molecule has 0 aliphatic rings. The quantitative estimate of drug-likeness (QED) is 0.858. The highest BCUT2D eigenvalue weighted by Gasteiger charge is 2.08. The molecule has 108 valence electrons. The zero-order chi connectivity index (χ0) is 15.2. The first-order valence-corrected chi connectivity index (χ1v) is 7.35. The third-order valence-corrected chi connectivity index (χ3v) is 3.95. The van der Waals surface area contributed by atoms with Crippen molar-refractivity contribution in [1.82, 2.24) is 0 Å². The number of hydrogen-bond acceptors (Lipinski definition) is 4. The van der Waals surface area contributed by atoms with Gasteiger partial charge in [-0.25, -0.2) is 0 Å². The maximum Gasteiger partial charge on any atom is 0.234 e. The van der Waals surface area contributed by atoms with Crippen LogP contribution in [0.4, 0.5) is 5.69 Å². The number of carboxylic acid groups (broad SMARTS) is 1. The van der Waals surface area contributed by atoms with Crippen LogP contribution in [-0.4, -0.2) is 17.6 Å². The van der Waals surface area contributed by atoms with Gasteiger partial charge in [0.2, 0.25) is 5.91 Å². The van der Waals surface area contributed by atoms with Gasteiger partial charge >= 0.3 is 0 Å². The number of carbonyl (C=O) groups excluding carboxylic acids is 2. The third kappa shape index (κ3) is 4.10. The summed E-state index contributed by atoms with van der Waals surface area (Å²) in [5.74, 6) is -1.16. The van der Waals surface area contributed by atoms with E-state index in [1.807, 2.05) is 30.3 Å². The van der Waals surface area contributed by atoms with Crippen molar-refractivity contribution < 1.29 is 14.7 Å². The maximum atomic E-state index is 11.9. The van der Waals surface area contributed by atoms with Gasteiger partial charge in [0.25, 0.3) is 0 Å². The Hall–Kier alpha value is -2.27. The number of carboxylic acids is 1. The number of benzene rings is 2. The molecule has 0 aromatic heterocycles. The van der Waals surface area contributed by atoms with Crippen LogP contribution in [0.1, 0.15) is 15.9 Å². The lowest BCUT2D eigenvalue weighted by molar-refractivity contribution is -0.255. The molecule has 0 fully saturated rings. The predicted octanol–water partition coefficient (Wildman–Crippen LogP) is 2.09. The van der Waals surface area contributed by atoms with Crippen molar-refractivity contribution >= 4 is 29.3 Å². The van der Waals surface area contributed by atoms with Crippen molar-refractivity contribution in [3.63, 3.8) is 0 Å². The van der Waals surface area contributed by atoms with Crippen molar-refractivity contribution in [1.29, 1.82) is 0 Å². The van der Waals surface area contributed by atoms with Crippen molar-refractivity contribution in [2.24, 2.45) is 0 Å². The molecule has 21 heavy (non-hydrogen) atoms. The summed E-state index contributed by atoms with van der Waals surface area (Å²) in [4.78, 5) is 23.9. The molecule has 0 aliphatic heterocycles. The molecular weight excluding hydrogens is 286 g/mol. The summed E-state index contributed by atoms with van der Waals surface area (Å²) in [6, 6.07) is 14.3. The smallest absolute Gasteiger partial charge is 0.234 e. The van der Waals surface area contributed by atoms with Crippen molar-refractivity contribution in [2.75, 3.05) is 11.1 Å². The average molecular weight is 300 g/mol. The number of rotatable bonds is 5. The molecule has 0 unspecified atom stereocenters. The Morgan fingerprint density at radius 1 is 1.10 bits per heavy atom. The van der Waals surface area contributed by atoms with Gasteiger partial charge in [-0.1, -0.05) is 30.3 Å². The molecular formula is C16H14NO3S-. The van der Waals surface area contributed by atoms with Crippen LogP contribution in [0.2, 0.25) is 0 Å². The molecule has 1 amide bonds. The van der Waals surface area contributed by atoms with E-state index in [1.54, 1.807) is 19.1 Å². The number of hydrogen-bond donors (Lipinski definition) is 1. The number of nitrogens with one attached hydrogen (secondary N) is 1. The number of carbonyl (C=O) groups is 2. The van der Waals surface area contributed by atoms with Gasteiger partial charge in [-0.2, -0.15) is 0 Å². The molecule has 0 radical (unpaired) electrons. The van der Waals surface area contributed by atoms with Gasteiger partial charge in [0.1, 0.15) is 0 Å². The second-order valence-corrected chi connectivity index (χ2v) is 5.46. The van der Waals surface area contributed by atoms with E-state index in [1.165, 1.54) is 17.8 Å². The second-order valence-electron chi connectivity index (χ2n) is 4.42. The minimum absolute atomic E-state index is 0.0866. The zero-order valence-corrected chi connectivity index (χ0v) is 12.3. The molecule has 0 aliphatic carbocycles.